The first-order chi connectivity index (χ1) is 13.1. The Hall–Kier alpha value is -3.35. The van der Waals surface area contributed by atoms with Gasteiger partial charge in [-0.05, 0) is 35.4 Å². The van der Waals surface area contributed by atoms with Crippen LogP contribution in [0.4, 0.5) is 0 Å². The molecule has 27 heavy (non-hydrogen) atoms. The number of hydrogen-bond acceptors (Lipinski definition) is 3. The van der Waals surface area contributed by atoms with E-state index < -0.39 is 10.8 Å². The first kappa shape index (κ1) is 15.9. The summed E-state index contributed by atoms with van der Waals surface area (Å²) >= 11 is 0. The molecule has 3 nitrogen and oxygen atoms in total. The summed E-state index contributed by atoms with van der Waals surface area (Å²) in [5.74, 6) is -0.00840. The van der Waals surface area contributed by atoms with Gasteiger partial charge in [-0.1, -0.05) is 66.7 Å². The third-order valence-electron chi connectivity index (χ3n) is 7.01. The van der Waals surface area contributed by atoms with Gasteiger partial charge in [0.2, 0.25) is 0 Å². The molecule has 0 radical (unpaired) electrons. The summed E-state index contributed by atoms with van der Waals surface area (Å²) in [6.45, 7) is 0. The maximum Gasteiger partial charge on any atom is 0.145 e. The second kappa shape index (κ2) is 5.09. The van der Waals surface area contributed by atoms with E-state index in [0.717, 1.165) is 16.7 Å². The topological polar surface area (TPSA) is 71.4 Å². The number of benzene rings is 2. The lowest BCUT2D eigenvalue weighted by atomic mass is 9.46. The fraction of sp³-hybridized carbons (Fsp3) is 0.292. The van der Waals surface area contributed by atoms with E-state index in [9.17, 15) is 15.8 Å². The molecule has 1 spiro atoms. The third kappa shape index (κ3) is 1.73. The Morgan fingerprint density at radius 1 is 0.778 bits per heavy atom. The lowest BCUT2D eigenvalue weighted by molar-refractivity contribution is 0.227. The van der Waals surface area contributed by atoms with Gasteiger partial charge in [-0.15, -0.1) is 0 Å². The summed E-state index contributed by atoms with van der Waals surface area (Å²) in [5.41, 5.74) is 1.14. The zero-order chi connectivity index (χ0) is 18.7. The van der Waals surface area contributed by atoms with Crippen LogP contribution in [-0.4, -0.2) is 0 Å². The summed E-state index contributed by atoms with van der Waals surface area (Å²) in [7, 11) is 0. The Bertz CT molecular complexity index is 1080. The molecule has 2 aromatic rings. The van der Waals surface area contributed by atoms with Crippen LogP contribution in [0.3, 0.4) is 0 Å². The average molecular weight is 347 g/mol. The standard InChI is InChI=1S/C24H17N3/c25-14-22(15-26)12-20-21(17-6-2-1-3-7-17)24(16-27)11-10-23(20,13-22)18-8-4-5-9-19(18)24/h1-11,20-21H,12-13H2/t20-,21-,23-,24+/m0/s1. The van der Waals surface area contributed by atoms with Crippen LogP contribution in [0, 0.1) is 45.3 Å². The molecule has 2 bridgehead atoms. The maximum atomic E-state index is 10.4. The quantitative estimate of drug-likeness (QED) is 0.713. The Morgan fingerprint density at radius 3 is 2.11 bits per heavy atom. The fourth-order valence-corrected chi connectivity index (χ4v) is 5.97. The number of nitrogens with zero attached hydrogens (tertiary/aromatic N) is 3. The molecule has 0 aliphatic heterocycles. The number of nitriles is 3. The van der Waals surface area contributed by atoms with Gasteiger partial charge in [-0.25, -0.2) is 0 Å². The summed E-state index contributed by atoms with van der Waals surface area (Å²) in [4.78, 5) is 0. The second-order valence-electron chi connectivity index (χ2n) is 8.08. The molecular formula is C24H17N3. The van der Waals surface area contributed by atoms with E-state index in [0.29, 0.717) is 12.8 Å². The Kier molecular flexibility index (Phi) is 2.99. The van der Waals surface area contributed by atoms with Gasteiger partial charge in [0.25, 0.3) is 0 Å². The number of rotatable bonds is 1. The number of hydrogen-bond donors (Lipinski definition) is 0. The van der Waals surface area contributed by atoms with Gasteiger partial charge in [0, 0.05) is 11.3 Å². The minimum absolute atomic E-state index is 0.0544. The number of allylic oxidation sites excluding steroid dienone is 2. The van der Waals surface area contributed by atoms with Crippen molar-refractivity contribution in [3.8, 4) is 18.2 Å². The first-order valence-corrected chi connectivity index (χ1v) is 9.24. The van der Waals surface area contributed by atoms with Gasteiger partial charge in [0.05, 0.1) is 18.2 Å². The van der Waals surface area contributed by atoms with Crippen LogP contribution in [0.15, 0.2) is 66.7 Å². The summed E-state index contributed by atoms with van der Waals surface area (Å²) in [6.07, 6.45) is 5.19. The van der Waals surface area contributed by atoms with Crippen molar-refractivity contribution in [2.45, 2.75) is 29.6 Å². The molecule has 4 aliphatic rings. The molecule has 0 amide bonds. The van der Waals surface area contributed by atoms with Crippen LogP contribution in [0.25, 0.3) is 0 Å². The predicted molar refractivity (Wildman–Crippen MR) is 100 cm³/mol. The first-order valence-electron chi connectivity index (χ1n) is 9.24. The summed E-state index contributed by atoms with van der Waals surface area (Å²) in [5, 5.41) is 30.1. The van der Waals surface area contributed by atoms with Gasteiger partial charge in [-0.2, -0.15) is 15.8 Å². The highest BCUT2D eigenvalue weighted by Gasteiger charge is 2.67. The molecule has 1 fully saturated rings. The Balaban J connectivity index is 1.86. The second-order valence-corrected chi connectivity index (χ2v) is 8.08. The van der Waals surface area contributed by atoms with Gasteiger partial charge < -0.3 is 0 Å². The molecule has 0 saturated heterocycles. The summed E-state index contributed by atoms with van der Waals surface area (Å²) < 4.78 is 0. The molecule has 128 valence electrons. The van der Waals surface area contributed by atoms with Gasteiger partial charge in [0.1, 0.15) is 10.8 Å². The maximum absolute atomic E-state index is 10.4. The van der Waals surface area contributed by atoms with Crippen LogP contribution in [0.1, 0.15) is 35.4 Å². The van der Waals surface area contributed by atoms with Crippen LogP contribution in [0.5, 0.6) is 0 Å². The van der Waals surface area contributed by atoms with E-state index in [4.69, 9.17) is 0 Å². The molecule has 3 heteroatoms. The molecule has 6 rings (SSSR count). The van der Waals surface area contributed by atoms with E-state index >= 15 is 0 Å². The van der Waals surface area contributed by atoms with Crippen LogP contribution >= 0.6 is 0 Å². The van der Waals surface area contributed by atoms with Crippen LogP contribution in [0.2, 0.25) is 0 Å². The van der Waals surface area contributed by atoms with Crippen molar-refractivity contribution >= 4 is 0 Å². The zero-order valence-corrected chi connectivity index (χ0v) is 14.8. The average Bonchev–Trinajstić information content (AvgIpc) is 3.10. The molecule has 0 unspecified atom stereocenters. The lowest BCUT2D eigenvalue weighted by Crippen LogP contribution is -2.52. The fourth-order valence-electron chi connectivity index (χ4n) is 5.97. The van der Waals surface area contributed by atoms with Crippen molar-refractivity contribution < 1.29 is 0 Å². The third-order valence-corrected chi connectivity index (χ3v) is 7.01. The van der Waals surface area contributed by atoms with Crippen molar-refractivity contribution in [3.05, 3.63) is 83.4 Å². The molecule has 4 atom stereocenters. The van der Waals surface area contributed by atoms with Gasteiger partial charge in [-0.3, -0.25) is 0 Å². The molecular weight excluding hydrogens is 330 g/mol. The lowest BCUT2D eigenvalue weighted by Gasteiger charge is -2.55. The highest BCUT2D eigenvalue weighted by atomic mass is 14.7. The normalized spacial score (nSPS) is 34.0. The van der Waals surface area contributed by atoms with Crippen molar-refractivity contribution in [1.29, 1.82) is 15.8 Å². The van der Waals surface area contributed by atoms with E-state index in [1.165, 1.54) is 0 Å². The molecule has 2 aromatic carbocycles. The van der Waals surface area contributed by atoms with Gasteiger partial charge >= 0.3 is 0 Å². The smallest absolute Gasteiger partial charge is 0.145 e. The Labute approximate surface area is 158 Å². The SMILES string of the molecule is N#CC1(C#N)C[C@H]2[C@H](c3ccccc3)[C@@]3(C#N)C=C[C@]2(C1)c1ccccc13. The highest BCUT2D eigenvalue weighted by molar-refractivity contribution is 5.62. The molecule has 0 aromatic heterocycles. The van der Waals surface area contributed by atoms with E-state index in [1.54, 1.807) is 0 Å². The highest BCUT2D eigenvalue weighted by Crippen LogP contribution is 2.70. The largest absolute Gasteiger partial charge is 0.197 e. The van der Waals surface area contributed by atoms with E-state index in [2.05, 4.69) is 48.5 Å². The van der Waals surface area contributed by atoms with E-state index in [1.807, 2.05) is 36.4 Å². The monoisotopic (exact) mass is 347 g/mol. The minimum Gasteiger partial charge on any atom is -0.197 e. The van der Waals surface area contributed by atoms with Crippen molar-refractivity contribution in [2.75, 3.05) is 0 Å². The molecule has 4 aliphatic carbocycles. The van der Waals surface area contributed by atoms with E-state index in [-0.39, 0.29) is 17.3 Å². The molecule has 0 heterocycles. The van der Waals surface area contributed by atoms with Crippen molar-refractivity contribution in [3.63, 3.8) is 0 Å². The van der Waals surface area contributed by atoms with Gasteiger partial charge in [0.15, 0.2) is 0 Å². The van der Waals surface area contributed by atoms with Crippen LogP contribution in [-0.2, 0) is 10.8 Å². The molecule has 0 N–H and O–H groups in total. The predicted octanol–water partition coefficient (Wildman–Crippen LogP) is 4.50. The summed E-state index contributed by atoms with van der Waals surface area (Å²) in [6, 6.07) is 25.5. The minimum atomic E-state index is -1.01. The molecule has 1 saturated carbocycles. The Morgan fingerprint density at radius 2 is 1.44 bits per heavy atom. The zero-order valence-electron chi connectivity index (χ0n) is 14.8. The van der Waals surface area contributed by atoms with Crippen molar-refractivity contribution in [1.82, 2.24) is 0 Å². The van der Waals surface area contributed by atoms with Crippen molar-refractivity contribution in [2.24, 2.45) is 11.3 Å². The van der Waals surface area contributed by atoms with Crippen LogP contribution < -0.4 is 0 Å².